The molecular formula is C11H13BrN4. The van der Waals surface area contributed by atoms with Gasteiger partial charge in [0.25, 0.3) is 0 Å². The third-order valence-corrected chi connectivity index (χ3v) is 3.03. The summed E-state index contributed by atoms with van der Waals surface area (Å²) >= 11 is 3.33. The van der Waals surface area contributed by atoms with Crippen LogP contribution in [0.2, 0.25) is 0 Å². The second kappa shape index (κ2) is 5.28. The Labute approximate surface area is 103 Å². The van der Waals surface area contributed by atoms with Crippen LogP contribution in [0.3, 0.4) is 0 Å². The van der Waals surface area contributed by atoms with E-state index in [1.54, 1.807) is 6.20 Å². The molecule has 0 amide bonds. The van der Waals surface area contributed by atoms with Crippen LogP contribution in [0.1, 0.15) is 12.0 Å². The zero-order valence-electron chi connectivity index (χ0n) is 8.91. The van der Waals surface area contributed by atoms with E-state index in [9.17, 15) is 0 Å². The third kappa shape index (κ3) is 2.52. The molecule has 0 aromatic carbocycles. The standard InChI is InChI=1S/C11H13BrN4/c12-10-6-9(7-13)11(15-8-10)16-4-1-2-14-3-5-16/h6,8,14H,1-5H2. The first kappa shape index (κ1) is 11.4. The molecule has 1 N–H and O–H groups in total. The predicted octanol–water partition coefficient (Wildman–Crippen LogP) is 1.52. The van der Waals surface area contributed by atoms with Gasteiger partial charge >= 0.3 is 0 Å². The fourth-order valence-electron chi connectivity index (χ4n) is 1.82. The minimum Gasteiger partial charge on any atom is -0.354 e. The lowest BCUT2D eigenvalue weighted by atomic mass is 10.2. The monoisotopic (exact) mass is 280 g/mol. The van der Waals surface area contributed by atoms with Crippen LogP contribution in [0.4, 0.5) is 5.82 Å². The Hall–Kier alpha value is -1.12. The smallest absolute Gasteiger partial charge is 0.146 e. The van der Waals surface area contributed by atoms with Crippen molar-refractivity contribution in [1.82, 2.24) is 10.3 Å². The lowest BCUT2D eigenvalue weighted by Gasteiger charge is -2.21. The van der Waals surface area contributed by atoms with E-state index in [-0.39, 0.29) is 0 Å². The number of hydrogen-bond donors (Lipinski definition) is 1. The van der Waals surface area contributed by atoms with Crippen molar-refractivity contribution >= 4 is 21.7 Å². The largest absolute Gasteiger partial charge is 0.354 e. The van der Waals surface area contributed by atoms with Gasteiger partial charge in [-0.25, -0.2) is 4.98 Å². The first-order chi connectivity index (χ1) is 7.81. The highest BCUT2D eigenvalue weighted by atomic mass is 79.9. The zero-order chi connectivity index (χ0) is 11.4. The second-order valence-corrected chi connectivity index (χ2v) is 4.64. The Bertz CT molecular complexity index is 405. The topological polar surface area (TPSA) is 52.0 Å². The number of nitriles is 1. The number of pyridine rings is 1. The Kier molecular flexibility index (Phi) is 3.75. The SMILES string of the molecule is N#Cc1cc(Br)cnc1N1CCCNCC1. The molecule has 0 aliphatic carbocycles. The van der Waals surface area contributed by atoms with E-state index < -0.39 is 0 Å². The summed E-state index contributed by atoms with van der Waals surface area (Å²) in [6, 6.07) is 4.02. The second-order valence-electron chi connectivity index (χ2n) is 3.73. The molecular weight excluding hydrogens is 268 g/mol. The minimum atomic E-state index is 0.635. The molecule has 16 heavy (non-hydrogen) atoms. The minimum absolute atomic E-state index is 0.635. The summed E-state index contributed by atoms with van der Waals surface area (Å²) < 4.78 is 0.848. The Morgan fingerprint density at radius 2 is 2.31 bits per heavy atom. The van der Waals surface area contributed by atoms with Gasteiger partial charge in [0.2, 0.25) is 0 Å². The fraction of sp³-hybridized carbons (Fsp3) is 0.455. The molecule has 1 aliphatic heterocycles. The summed E-state index contributed by atoms with van der Waals surface area (Å²) in [5.41, 5.74) is 0.635. The number of anilines is 1. The Morgan fingerprint density at radius 1 is 1.44 bits per heavy atom. The molecule has 1 aromatic heterocycles. The average molecular weight is 281 g/mol. The molecule has 0 unspecified atom stereocenters. The molecule has 5 heteroatoms. The molecule has 84 valence electrons. The summed E-state index contributed by atoms with van der Waals surface area (Å²) in [4.78, 5) is 6.51. The lowest BCUT2D eigenvalue weighted by molar-refractivity contribution is 0.724. The van der Waals surface area contributed by atoms with E-state index in [1.165, 1.54) is 0 Å². The summed E-state index contributed by atoms with van der Waals surface area (Å²) in [6.07, 6.45) is 2.83. The highest BCUT2D eigenvalue weighted by molar-refractivity contribution is 9.10. The quantitative estimate of drug-likeness (QED) is 0.848. The maximum Gasteiger partial charge on any atom is 0.146 e. The molecule has 2 rings (SSSR count). The van der Waals surface area contributed by atoms with Gasteiger partial charge in [0.05, 0.1) is 5.56 Å². The lowest BCUT2D eigenvalue weighted by Crippen LogP contribution is -2.29. The van der Waals surface area contributed by atoms with Crippen LogP contribution in [-0.4, -0.2) is 31.2 Å². The van der Waals surface area contributed by atoms with Crippen LogP contribution >= 0.6 is 15.9 Å². The summed E-state index contributed by atoms with van der Waals surface area (Å²) in [5.74, 6) is 0.800. The first-order valence-corrected chi connectivity index (χ1v) is 6.12. The first-order valence-electron chi connectivity index (χ1n) is 5.32. The number of hydrogen-bond acceptors (Lipinski definition) is 4. The van der Waals surface area contributed by atoms with Crippen LogP contribution in [0.15, 0.2) is 16.7 Å². The van der Waals surface area contributed by atoms with Crippen molar-refractivity contribution in [2.45, 2.75) is 6.42 Å². The molecule has 1 saturated heterocycles. The van der Waals surface area contributed by atoms with Crippen molar-refractivity contribution in [3.05, 3.63) is 22.3 Å². The van der Waals surface area contributed by atoms with Crippen LogP contribution in [0, 0.1) is 11.3 Å². The van der Waals surface area contributed by atoms with E-state index in [0.29, 0.717) is 5.56 Å². The van der Waals surface area contributed by atoms with Gasteiger partial charge in [-0.15, -0.1) is 0 Å². The van der Waals surface area contributed by atoms with Gasteiger partial charge in [0.15, 0.2) is 0 Å². The van der Waals surface area contributed by atoms with Crippen LogP contribution in [0.25, 0.3) is 0 Å². The van der Waals surface area contributed by atoms with Gasteiger partial charge in [0, 0.05) is 30.3 Å². The normalized spacial score (nSPS) is 16.6. The van der Waals surface area contributed by atoms with Crippen LogP contribution in [-0.2, 0) is 0 Å². The van der Waals surface area contributed by atoms with Gasteiger partial charge in [0.1, 0.15) is 11.9 Å². The average Bonchev–Trinajstić information content (AvgIpc) is 2.57. The van der Waals surface area contributed by atoms with Crippen LogP contribution in [0.5, 0.6) is 0 Å². The number of nitrogens with one attached hydrogen (secondary N) is 1. The molecule has 0 bridgehead atoms. The van der Waals surface area contributed by atoms with Gasteiger partial charge in [-0.1, -0.05) is 0 Å². The van der Waals surface area contributed by atoms with E-state index in [2.05, 4.69) is 37.2 Å². The number of aromatic nitrogens is 1. The third-order valence-electron chi connectivity index (χ3n) is 2.59. The van der Waals surface area contributed by atoms with Gasteiger partial charge in [-0.3, -0.25) is 0 Å². The highest BCUT2D eigenvalue weighted by Crippen LogP contribution is 2.21. The molecule has 1 fully saturated rings. The van der Waals surface area contributed by atoms with Crippen molar-refractivity contribution in [3.63, 3.8) is 0 Å². The van der Waals surface area contributed by atoms with E-state index >= 15 is 0 Å². The maximum atomic E-state index is 9.09. The van der Waals surface area contributed by atoms with Crippen molar-refractivity contribution in [1.29, 1.82) is 5.26 Å². The summed E-state index contributed by atoms with van der Waals surface area (Å²) in [5, 5.41) is 12.4. The van der Waals surface area contributed by atoms with Gasteiger partial charge < -0.3 is 10.2 Å². The summed E-state index contributed by atoms with van der Waals surface area (Å²) in [6.45, 7) is 3.84. The maximum absolute atomic E-state index is 9.09. The summed E-state index contributed by atoms with van der Waals surface area (Å²) in [7, 11) is 0. The molecule has 0 radical (unpaired) electrons. The van der Waals surface area contributed by atoms with Crippen molar-refractivity contribution < 1.29 is 0 Å². The number of rotatable bonds is 1. The van der Waals surface area contributed by atoms with Crippen LogP contribution < -0.4 is 10.2 Å². The number of nitrogens with zero attached hydrogens (tertiary/aromatic N) is 3. The predicted molar refractivity (Wildman–Crippen MR) is 66.4 cm³/mol. The molecule has 0 saturated carbocycles. The van der Waals surface area contributed by atoms with Crippen molar-refractivity contribution in [2.75, 3.05) is 31.1 Å². The molecule has 1 aromatic rings. The molecule has 0 atom stereocenters. The Balaban J connectivity index is 2.28. The van der Waals surface area contributed by atoms with Gasteiger partial charge in [-0.2, -0.15) is 5.26 Å². The van der Waals surface area contributed by atoms with Crippen molar-refractivity contribution in [3.8, 4) is 6.07 Å². The fourth-order valence-corrected chi connectivity index (χ4v) is 2.16. The van der Waals surface area contributed by atoms with E-state index in [4.69, 9.17) is 5.26 Å². The highest BCUT2D eigenvalue weighted by Gasteiger charge is 2.14. The zero-order valence-corrected chi connectivity index (χ0v) is 10.5. The van der Waals surface area contributed by atoms with Crippen molar-refractivity contribution in [2.24, 2.45) is 0 Å². The van der Waals surface area contributed by atoms with E-state index in [1.807, 2.05) is 6.07 Å². The number of halogens is 1. The molecule has 1 aliphatic rings. The molecule has 4 nitrogen and oxygen atoms in total. The Morgan fingerprint density at radius 3 is 3.12 bits per heavy atom. The van der Waals surface area contributed by atoms with Gasteiger partial charge in [-0.05, 0) is 35.0 Å². The molecule has 0 spiro atoms. The molecule has 2 heterocycles. The van der Waals surface area contributed by atoms with E-state index in [0.717, 1.165) is 42.9 Å².